The van der Waals surface area contributed by atoms with Gasteiger partial charge in [-0.05, 0) is 111 Å². The summed E-state index contributed by atoms with van der Waals surface area (Å²) < 4.78 is 0. The van der Waals surface area contributed by atoms with Gasteiger partial charge >= 0.3 is 0 Å². The minimum absolute atomic E-state index is 0.613. The molecule has 4 fully saturated rings. The maximum absolute atomic E-state index is 3.36. The summed E-state index contributed by atoms with van der Waals surface area (Å²) in [5.74, 6) is 4.27. The lowest BCUT2D eigenvalue weighted by atomic mass is 9.41. The van der Waals surface area contributed by atoms with E-state index in [1.807, 2.05) is 34.6 Å². The standard InChI is InChI=1S/C24H42.C3H6.2C2H6/c1-5-24-16-15-22(2,3)17-18(24)10-11-19-20-9-7-6-8-13-23(20,4)14-12-21(19)24;1-3-2;2*1-2/h18-21H,5-17H2,1-4H3;3H,1H2,2H3;2*1-2H3. The lowest BCUT2D eigenvalue weighted by Crippen LogP contribution is -2.55. The molecule has 4 saturated carbocycles. The van der Waals surface area contributed by atoms with Crippen molar-refractivity contribution in [3.63, 3.8) is 0 Å². The summed E-state index contributed by atoms with van der Waals surface area (Å²) in [7, 11) is 0. The number of hydrogen-bond acceptors (Lipinski definition) is 0. The van der Waals surface area contributed by atoms with Crippen LogP contribution in [0.15, 0.2) is 12.7 Å². The third-order valence-corrected chi connectivity index (χ3v) is 9.84. The topological polar surface area (TPSA) is 0 Å². The van der Waals surface area contributed by atoms with Gasteiger partial charge in [-0.15, -0.1) is 6.58 Å². The minimum Gasteiger partial charge on any atom is -0.103 e. The van der Waals surface area contributed by atoms with Gasteiger partial charge in [-0.3, -0.25) is 0 Å². The van der Waals surface area contributed by atoms with Crippen molar-refractivity contribution in [3.05, 3.63) is 12.7 Å². The molecule has 4 aliphatic rings. The summed E-state index contributed by atoms with van der Waals surface area (Å²) in [5.41, 5.74) is 2.04. The van der Waals surface area contributed by atoms with Crippen LogP contribution in [0.1, 0.15) is 146 Å². The predicted octanol–water partition coefficient (Wildman–Crippen LogP) is 10.9. The van der Waals surface area contributed by atoms with Crippen molar-refractivity contribution in [3.8, 4) is 0 Å². The summed E-state index contributed by atoms with van der Waals surface area (Å²) in [5, 5.41) is 0. The third kappa shape index (κ3) is 6.20. The Bertz CT molecular complexity index is 502. The Labute approximate surface area is 198 Å². The van der Waals surface area contributed by atoms with Crippen LogP contribution in [0.4, 0.5) is 0 Å². The van der Waals surface area contributed by atoms with Crippen LogP contribution in [-0.2, 0) is 0 Å². The number of hydrogen-bond donors (Lipinski definition) is 0. The van der Waals surface area contributed by atoms with Crippen LogP contribution in [-0.4, -0.2) is 0 Å². The zero-order chi connectivity index (χ0) is 23.7. The van der Waals surface area contributed by atoms with Crippen LogP contribution < -0.4 is 0 Å². The second-order valence-corrected chi connectivity index (χ2v) is 11.8. The Morgan fingerprint density at radius 1 is 0.774 bits per heavy atom. The van der Waals surface area contributed by atoms with Gasteiger partial charge in [0, 0.05) is 0 Å². The van der Waals surface area contributed by atoms with E-state index in [9.17, 15) is 0 Å². The van der Waals surface area contributed by atoms with Gasteiger partial charge in [-0.1, -0.05) is 80.7 Å². The van der Waals surface area contributed by atoms with Gasteiger partial charge in [0.2, 0.25) is 0 Å². The molecule has 0 N–H and O–H groups in total. The first-order valence-electron chi connectivity index (χ1n) is 14.4. The summed E-state index contributed by atoms with van der Waals surface area (Å²) in [4.78, 5) is 0. The van der Waals surface area contributed by atoms with Crippen molar-refractivity contribution >= 4 is 0 Å². The van der Waals surface area contributed by atoms with E-state index in [2.05, 4.69) is 34.3 Å². The van der Waals surface area contributed by atoms with Crippen molar-refractivity contribution in [2.45, 2.75) is 146 Å². The van der Waals surface area contributed by atoms with Gasteiger partial charge in [0.25, 0.3) is 0 Å². The molecule has 0 aromatic carbocycles. The average molecular weight is 433 g/mol. The van der Waals surface area contributed by atoms with Crippen molar-refractivity contribution < 1.29 is 0 Å². The molecule has 0 heteroatoms. The quantitative estimate of drug-likeness (QED) is 0.361. The summed E-state index contributed by atoms with van der Waals surface area (Å²) >= 11 is 0. The molecule has 4 aliphatic carbocycles. The summed E-state index contributed by atoms with van der Waals surface area (Å²) in [6.45, 7) is 23.6. The van der Waals surface area contributed by atoms with Gasteiger partial charge in [0.1, 0.15) is 0 Å². The SMILES string of the molecule is C=CC.CC.CC.CCC12CCC(C)(C)CC1CCC1C3CCCCCC3(C)CCC12. The molecule has 0 amide bonds. The largest absolute Gasteiger partial charge is 0.103 e. The third-order valence-electron chi connectivity index (χ3n) is 9.84. The summed E-state index contributed by atoms with van der Waals surface area (Å²) in [6.07, 6.45) is 21.7. The average Bonchev–Trinajstić information content (AvgIpc) is 2.97. The molecular weight excluding hydrogens is 372 g/mol. The first-order valence-corrected chi connectivity index (χ1v) is 14.4. The fourth-order valence-electron chi connectivity index (χ4n) is 8.49. The lowest BCUT2D eigenvalue weighted by Gasteiger charge is -2.63. The predicted molar refractivity (Wildman–Crippen MR) is 143 cm³/mol. The van der Waals surface area contributed by atoms with Gasteiger partial charge < -0.3 is 0 Å². The zero-order valence-electron chi connectivity index (χ0n) is 23.3. The molecule has 4 rings (SSSR count). The fourth-order valence-corrected chi connectivity index (χ4v) is 8.49. The lowest BCUT2D eigenvalue weighted by molar-refractivity contribution is -0.140. The normalized spacial score (nSPS) is 40.3. The molecule has 0 aliphatic heterocycles. The van der Waals surface area contributed by atoms with Crippen molar-refractivity contribution in [2.75, 3.05) is 0 Å². The molecule has 6 unspecified atom stereocenters. The van der Waals surface area contributed by atoms with Crippen LogP contribution in [0.2, 0.25) is 0 Å². The van der Waals surface area contributed by atoms with E-state index in [0.29, 0.717) is 10.8 Å². The highest BCUT2D eigenvalue weighted by Crippen LogP contribution is 2.67. The monoisotopic (exact) mass is 432 g/mol. The summed E-state index contributed by atoms with van der Waals surface area (Å²) in [6, 6.07) is 0. The number of allylic oxidation sites excluding steroid dienone is 1. The van der Waals surface area contributed by atoms with Crippen molar-refractivity contribution in [2.24, 2.45) is 39.9 Å². The van der Waals surface area contributed by atoms with E-state index in [-0.39, 0.29) is 0 Å². The Hall–Kier alpha value is -0.260. The Balaban J connectivity index is 0.000000620. The van der Waals surface area contributed by atoms with Crippen molar-refractivity contribution in [1.29, 1.82) is 0 Å². The van der Waals surface area contributed by atoms with Gasteiger partial charge in [0.05, 0.1) is 0 Å². The highest BCUT2D eigenvalue weighted by Gasteiger charge is 2.58. The van der Waals surface area contributed by atoms with Crippen LogP contribution in [0.3, 0.4) is 0 Å². The molecule has 0 heterocycles. The molecule has 31 heavy (non-hydrogen) atoms. The second-order valence-electron chi connectivity index (χ2n) is 11.8. The van der Waals surface area contributed by atoms with Crippen LogP contribution in [0, 0.1) is 39.9 Å². The highest BCUT2D eigenvalue weighted by molar-refractivity contribution is 5.08. The first kappa shape index (κ1) is 28.8. The molecular formula is C31H60. The van der Waals surface area contributed by atoms with Crippen LogP contribution >= 0.6 is 0 Å². The molecule has 0 radical (unpaired) electrons. The smallest absolute Gasteiger partial charge is 0.0240 e. The van der Waals surface area contributed by atoms with Gasteiger partial charge in [-0.25, -0.2) is 0 Å². The molecule has 0 aromatic heterocycles. The Kier molecular flexibility index (Phi) is 11.9. The molecule has 0 nitrogen and oxygen atoms in total. The first-order chi connectivity index (χ1) is 14.8. The maximum Gasteiger partial charge on any atom is -0.0240 e. The van der Waals surface area contributed by atoms with E-state index < -0.39 is 0 Å². The molecule has 0 bridgehead atoms. The van der Waals surface area contributed by atoms with E-state index in [4.69, 9.17) is 0 Å². The van der Waals surface area contributed by atoms with E-state index in [0.717, 1.165) is 29.1 Å². The number of fused-ring (bicyclic) bond motifs is 5. The van der Waals surface area contributed by atoms with Crippen LogP contribution in [0.5, 0.6) is 0 Å². The van der Waals surface area contributed by atoms with Gasteiger partial charge in [0.15, 0.2) is 0 Å². The molecule has 6 atom stereocenters. The minimum atomic E-state index is 0.613. The van der Waals surface area contributed by atoms with Crippen LogP contribution in [0.25, 0.3) is 0 Å². The van der Waals surface area contributed by atoms with Gasteiger partial charge in [-0.2, -0.15) is 0 Å². The zero-order valence-corrected chi connectivity index (χ0v) is 23.3. The highest BCUT2D eigenvalue weighted by atomic mass is 14.6. The molecule has 0 aromatic rings. The maximum atomic E-state index is 3.36. The van der Waals surface area contributed by atoms with Crippen molar-refractivity contribution in [1.82, 2.24) is 0 Å². The molecule has 0 saturated heterocycles. The Morgan fingerprint density at radius 3 is 2.03 bits per heavy atom. The molecule has 184 valence electrons. The van der Waals surface area contributed by atoms with E-state index >= 15 is 0 Å². The molecule has 0 spiro atoms. The fraction of sp³-hybridized carbons (Fsp3) is 0.935. The van der Waals surface area contributed by atoms with E-state index in [1.165, 1.54) is 44.9 Å². The Morgan fingerprint density at radius 2 is 1.42 bits per heavy atom. The number of rotatable bonds is 1. The second kappa shape index (κ2) is 12.8. The van der Waals surface area contributed by atoms with E-state index in [1.54, 1.807) is 44.6 Å².